The monoisotopic (exact) mass is 221 g/mol. The standard InChI is InChI=1S/C15H8FN/c16-15-9-6-12(7-10-15)5-8-13-3-1-2-4-14(13)11-17/h1-4,6-7,9-10H. The predicted molar refractivity (Wildman–Crippen MR) is 63.5 cm³/mol. The molecule has 0 fully saturated rings. The maximum Gasteiger partial charge on any atom is 0.123 e. The molecule has 2 heteroatoms. The lowest BCUT2D eigenvalue weighted by Gasteiger charge is -1.93. The first-order chi connectivity index (χ1) is 8.29. The zero-order valence-electron chi connectivity index (χ0n) is 8.94. The van der Waals surface area contributed by atoms with Crippen LogP contribution < -0.4 is 0 Å². The van der Waals surface area contributed by atoms with Crippen LogP contribution in [0.1, 0.15) is 16.7 Å². The Labute approximate surface area is 99.1 Å². The van der Waals surface area contributed by atoms with Crippen LogP contribution in [0.2, 0.25) is 0 Å². The zero-order valence-corrected chi connectivity index (χ0v) is 8.94. The first-order valence-electron chi connectivity index (χ1n) is 5.06. The third-order valence-corrected chi connectivity index (χ3v) is 2.23. The van der Waals surface area contributed by atoms with Gasteiger partial charge in [0.15, 0.2) is 0 Å². The van der Waals surface area contributed by atoms with Crippen molar-refractivity contribution >= 4 is 0 Å². The second-order valence-corrected chi connectivity index (χ2v) is 3.41. The summed E-state index contributed by atoms with van der Waals surface area (Å²) in [6.45, 7) is 0. The Balaban J connectivity index is 2.33. The average Bonchev–Trinajstić information content (AvgIpc) is 2.38. The third-order valence-electron chi connectivity index (χ3n) is 2.23. The van der Waals surface area contributed by atoms with Gasteiger partial charge in [-0.2, -0.15) is 5.26 Å². The maximum atomic E-state index is 12.7. The van der Waals surface area contributed by atoms with Gasteiger partial charge in [-0.3, -0.25) is 0 Å². The molecule has 0 aliphatic carbocycles. The summed E-state index contributed by atoms with van der Waals surface area (Å²) in [5.74, 6) is 5.52. The minimum atomic E-state index is -0.284. The van der Waals surface area contributed by atoms with Gasteiger partial charge in [0, 0.05) is 11.1 Å². The number of hydrogen-bond donors (Lipinski definition) is 0. The second kappa shape index (κ2) is 4.96. The Morgan fingerprint density at radius 2 is 1.47 bits per heavy atom. The molecule has 0 unspecified atom stereocenters. The van der Waals surface area contributed by atoms with Crippen LogP contribution in [-0.4, -0.2) is 0 Å². The SMILES string of the molecule is N#Cc1ccccc1C#Cc1ccc(F)cc1. The smallest absolute Gasteiger partial charge is 0.123 e. The van der Waals surface area contributed by atoms with Crippen molar-refractivity contribution in [1.82, 2.24) is 0 Å². The van der Waals surface area contributed by atoms with E-state index in [0.29, 0.717) is 11.1 Å². The van der Waals surface area contributed by atoms with E-state index in [1.54, 1.807) is 30.3 Å². The van der Waals surface area contributed by atoms with Crippen LogP contribution in [0.5, 0.6) is 0 Å². The van der Waals surface area contributed by atoms with E-state index in [1.165, 1.54) is 12.1 Å². The Kier molecular flexibility index (Phi) is 3.19. The van der Waals surface area contributed by atoms with E-state index >= 15 is 0 Å². The maximum absolute atomic E-state index is 12.7. The van der Waals surface area contributed by atoms with Crippen molar-refractivity contribution in [1.29, 1.82) is 5.26 Å². The first-order valence-corrected chi connectivity index (χ1v) is 5.06. The Bertz CT molecular complexity index is 624. The van der Waals surface area contributed by atoms with E-state index in [0.717, 1.165) is 5.56 Å². The van der Waals surface area contributed by atoms with Crippen molar-refractivity contribution in [3.05, 3.63) is 71.0 Å². The molecule has 0 bridgehead atoms. The zero-order chi connectivity index (χ0) is 12.1. The second-order valence-electron chi connectivity index (χ2n) is 3.41. The topological polar surface area (TPSA) is 23.8 Å². The van der Waals surface area contributed by atoms with Gasteiger partial charge >= 0.3 is 0 Å². The molecule has 0 N–H and O–H groups in total. The van der Waals surface area contributed by atoms with E-state index in [1.807, 2.05) is 6.07 Å². The quantitative estimate of drug-likeness (QED) is 0.627. The molecule has 0 heterocycles. The highest BCUT2D eigenvalue weighted by molar-refractivity contribution is 5.50. The lowest BCUT2D eigenvalue weighted by atomic mass is 10.1. The molecule has 0 amide bonds. The molecule has 2 aromatic carbocycles. The van der Waals surface area contributed by atoms with Crippen LogP contribution in [0.3, 0.4) is 0 Å². The average molecular weight is 221 g/mol. The highest BCUT2D eigenvalue weighted by atomic mass is 19.1. The molecule has 0 radical (unpaired) electrons. The molecule has 0 aromatic heterocycles. The summed E-state index contributed by atoms with van der Waals surface area (Å²) in [5.41, 5.74) is 1.94. The molecule has 2 rings (SSSR count). The van der Waals surface area contributed by atoms with Gasteiger partial charge in [-0.25, -0.2) is 4.39 Å². The molecule has 0 aliphatic rings. The van der Waals surface area contributed by atoms with Gasteiger partial charge in [-0.15, -0.1) is 0 Å². The van der Waals surface area contributed by atoms with Crippen LogP contribution in [0, 0.1) is 29.0 Å². The Morgan fingerprint density at radius 3 is 2.12 bits per heavy atom. The van der Waals surface area contributed by atoms with Crippen LogP contribution in [0.4, 0.5) is 4.39 Å². The molecule has 17 heavy (non-hydrogen) atoms. The highest BCUT2D eigenvalue weighted by Crippen LogP contribution is 2.06. The lowest BCUT2D eigenvalue weighted by Crippen LogP contribution is -1.82. The normalized spacial score (nSPS) is 8.94. The number of benzene rings is 2. The van der Waals surface area contributed by atoms with Crippen molar-refractivity contribution in [2.24, 2.45) is 0 Å². The van der Waals surface area contributed by atoms with E-state index in [4.69, 9.17) is 5.26 Å². The molecule has 80 valence electrons. The van der Waals surface area contributed by atoms with Crippen molar-refractivity contribution in [3.63, 3.8) is 0 Å². The fraction of sp³-hybridized carbons (Fsp3) is 0. The summed E-state index contributed by atoms with van der Waals surface area (Å²) in [6.07, 6.45) is 0. The molecule has 2 aromatic rings. The van der Waals surface area contributed by atoms with Gasteiger partial charge in [-0.1, -0.05) is 24.0 Å². The van der Waals surface area contributed by atoms with Crippen LogP contribution in [0.15, 0.2) is 48.5 Å². The van der Waals surface area contributed by atoms with Gasteiger partial charge in [0.2, 0.25) is 0 Å². The lowest BCUT2D eigenvalue weighted by molar-refractivity contribution is 0.627. The molecular formula is C15H8FN. The molecule has 0 aliphatic heterocycles. The van der Waals surface area contributed by atoms with Gasteiger partial charge < -0.3 is 0 Å². The van der Waals surface area contributed by atoms with Crippen molar-refractivity contribution in [3.8, 4) is 17.9 Å². The van der Waals surface area contributed by atoms with Gasteiger partial charge in [-0.05, 0) is 36.4 Å². The number of hydrogen-bond acceptors (Lipinski definition) is 1. The largest absolute Gasteiger partial charge is 0.207 e. The number of halogens is 1. The number of nitriles is 1. The summed E-state index contributed by atoms with van der Waals surface area (Å²) >= 11 is 0. The van der Waals surface area contributed by atoms with Gasteiger partial charge in [0.1, 0.15) is 11.9 Å². The summed E-state index contributed by atoms with van der Waals surface area (Å²) in [4.78, 5) is 0. The summed E-state index contributed by atoms with van der Waals surface area (Å²) in [7, 11) is 0. The van der Waals surface area contributed by atoms with Crippen molar-refractivity contribution in [2.75, 3.05) is 0 Å². The van der Waals surface area contributed by atoms with Crippen LogP contribution >= 0.6 is 0 Å². The molecule has 0 saturated heterocycles. The number of rotatable bonds is 0. The van der Waals surface area contributed by atoms with E-state index in [2.05, 4.69) is 17.9 Å². The van der Waals surface area contributed by atoms with Gasteiger partial charge in [0.05, 0.1) is 5.56 Å². The number of nitrogens with zero attached hydrogens (tertiary/aromatic N) is 1. The molecule has 0 spiro atoms. The summed E-state index contributed by atoms with van der Waals surface area (Å²) in [6, 6.07) is 15.1. The van der Waals surface area contributed by atoms with E-state index in [-0.39, 0.29) is 5.82 Å². The Hall–Kier alpha value is -2.58. The molecule has 0 saturated carbocycles. The van der Waals surface area contributed by atoms with E-state index in [9.17, 15) is 4.39 Å². The minimum absolute atomic E-state index is 0.284. The summed E-state index contributed by atoms with van der Waals surface area (Å²) in [5, 5.41) is 8.88. The third kappa shape index (κ3) is 2.71. The fourth-order valence-corrected chi connectivity index (χ4v) is 1.36. The predicted octanol–water partition coefficient (Wildman–Crippen LogP) is 3.10. The van der Waals surface area contributed by atoms with Gasteiger partial charge in [0.25, 0.3) is 0 Å². The minimum Gasteiger partial charge on any atom is -0.207 e. The van der Waals surface area contributed by atoms with E-state index < -0.39 is 0 Å². The van der Waals surface area contributed by atoms with Crippen molar-refractivity contribution in [2.45, 2.75) is 0 Å². The Morgan fingerprint density at radius 1 is 0.824 bits per heavy atom. The first kappa shape index (κ1) is 10.9. The highest BCUT2D eigenvalue weighted by Gasteiger charge is 1.95. The molecule has 0 atom stereocenters. The van der Waals surface area contributed by atoms with Crippen LogP contribution in [0.25, 0.3) is 0 Å². The fourth-order valence-electron chi connectivity index (χ4n) is 1.36. The van der Waals surface area contributed by atoms with Crippen molar-refractivity contribution < 1.29 is 4.39 Å². The molecule has 1 nitrogen and oxygen atoms in total. The van der Waals surface area contributed by atoms with Crippen LogP contribution in [-0.2, 0) is 0 Å². The summed E-state index contributed by atoms with van der Waals surface area (Å²) < 4.78 is 12.7. The molecular weight excluding hydrogens is 213 g/mol.